The molecule has 3 aromatic rings. The van der Waals surface area contributed by atoms with Gasteiger partial charge in [0, 0.05) is 43.7 Å². The lowest BCUT2D eigenvalue weighted by atomic mass is 9.98. The van der Waals surface area contributed by atoms with Crippen LogP contribution in [0.25, 0.3) is 5.65 Å². The second-order valence-electron chi connectivity index (χ2n) is 7.22. The fourth-order valence-corrected chi connectivity index (χ4v) is 3.80. The van der Waals surface area contributed by atoms with E-state index in [9.17, 15) is 14.4 Å². The SMILES string of the molecule is CCc1cc(=O)n2[nH]c([C@H]3CCCCN3C(=O)c3ccc(=O)n(C)c3)cc2n1. The largest absolute Gasteiger partial charge is 0.330 e. The Morgan fingerprint density at radius 3 is 2.79 bits per heavy atom. The number of carbonyl (C=O) groups is 1. The molecule has 1 amide bonds. The molecule has 1 N–H and O–H groups in total. The van der Waals surface area contributed by atoms with Crippen molar-refractivity contribution < 1.29 is 4.79 Å². The van der Waals surface area contributed by atoms with Gasteiger partial charge in [0.25, 0.3) is 11.5 Å². The van der Waals surface area contributed by atoms with E-state index in [1.807, 2.05) is 17.9 Å². The highest BCUT2D eigenvalue weighted by Crippen LogP contribution is 2.31. The first-order valence-corrected chi connectivity index (χ1v) is 9.57. The van der Waals surface area contributed by atoms with Crippen molar-refractivity contribution >= 4 is 11.6 Å². The summed E-state index contributed by atoms with van der Waals surface area (Å²) < 4.78 is 2.84. The number of carbonyl (C=O) groups excluding carboxylic acids is 1. The summed E-state index contributed by atoms with van der Waals surface area (Å²) in [6.45, 7) is 2.59. The summed E-state index contributed by atoms with van der Waals surface area (Å²) in [5.41, 5.74) is 2.29. The summed E-state index contributed by atoms with van der Waals surface area (Å²) >= 11 is 0. The summed E-state index contributed by atoms with van der Waals surface area (Å²) in [7, 11) is 1.63. The fourth-order valence-electron chi connectivity index (χ4n) is 3.80. The minimum absolute atomic E-state index is 0.117. The standard InChI is InChI=1S/C20H23N5O3/c1-3-14-10-19(27)25-17(21-14)11-15(22-25)16-6-4-5-9-24(16)20(28)13-7-8-18(26)23(2)12-13/h7-8,10-12,16,22H,3-6,9H2,1-2H3/t16-/m1/s1. The molecule has 4 rings (SSSR count). The van der Waals surface area contributed by atoms with Crippen LogP contribution in [0.3, 0.4) is 0 Å². The van der Waals surface area contributed by atoms with E-state index in [1.165, 1.54) is 21.2 Å². The van der Waals surface area contributed by atoms with Gasteiger partial charge < -0.3 is 9.47 Å². The number of rotatable bonds is 3. The zero-order valence-corrected chi connectivity index (χ0v) is 16.0. The zero-order valence-electron chi connectivity index (χ0n) is 16.0. The van der Waals surface area contributed by atoms with Gasteiger partial charge in [-0.3, -0.25) is 19.5 Å². The van der Waals surface area contributed by atoms with Crippen LogP contribution in [0, 0.1) is 0 Å². The Hall–Kier alpha value is -3.16. The van der Waals surface area contributed by atoms with Gasteiger partial charge in [-0.2, -0.15) is 0 Å². The van der Waals surface area contributed by atoms with E-state index in [4.69, 9.17) is 0 Å². The van der Waals surface area contributed by atoms with E-state index in [-0.39, 0.29) is 23.1 Å². The maximum absolute atomic E-state index is 13.1. The molecule has 146 valence electrons. The second kappa shape index (κ2) is 7.10. The predicted octanol–water partition coefficient (Wildman–Crippen LogP) is 1.65. The van der Waals surface area contributed by atoms with Gasteiger partial charge in [0.15, 0.2) is 5.65 Å². The van der Waals surface area contributed by atoms with Crippen molar-refractivity contribution in [3.8, 4) is 0 Å². The fraction of sp³-hybridized carbons (Fsp3) is 0.400. The second-order valence-corrected chi connectivity index (χ2v) is 7.22. The van der Waals surface area contributed by atoms with Crippen LogP contribution in [-0.4, -0.2) is 36.5 Å². The van der Waals surface area contributed by atoms with Gasteiger partial charge in [-0.05, 0) is 31.7 Å². The molecule has 0 unspecified atom stereocenters. The molecule has 3 aromatic heterocycles. The smallest absolute Gasteiger partial charge is 0.272 e. The molecular weight excluding hydrogens is 358 g/mol. The van der Waals surface area contributed by atoms with Crippen LogP contribution in [-0.2, 0) is 13.5 Å². The Morgan fingerprint density at radius 1 is 1.21 bits per heavy atom. The van der Waals surface area contributed by atoms with Crippen molar-refractivity contribution in [2.45, 2.75) is 38.6 Å². The van der Waals surface area contributed by atoms with Crippen LogP contribution in [0.15, 0.2) is 40.1 Å². The number of amides is 1. The summed E-state index contributed by atoms with van der Waals surface area (Å²) in [6, 6.07) is 6.20. The summed E-state index contributed by atoms with van der Waals surface area (Å²) in [4.78, 5) is 43.4. The van der Waals surface area contributed by atoms with Crippen LogP contribution >= 0.6 is 0 Å². The number of aryl methyl sites for hydroxylation is 2. The number of likely N-dealkylation sites (tertiary alicyclic amines) is 1. The highest BCUT2D eigenvalue weighted by molar-refractivity contribution is 5.94. The molecule has 0 bridgehead atoms. The first-order valence-electron chi connectivity index (χ1n) is 9.57. The molecule has 1 fully saturated rings. The number of piperidine rings is 1. The molecule has 1 atom stereocenters. The maximum Gasteiger partial charge on any atom is 0.272 e. The third-order valence-electron chi connectivity index (χ3n) is 5.34. The molecule has 1 saturated heterocycles. The molecule has 0 radical (unpaired) electrons. The van der Waals surface area contributed by atoms with Crippen LogP contribution in [0.5, 0.6) is 0 Å². The number of nitrogens with zero attached hydrogens (tertiary/aromatic N) is 4. The van der Waals surface area contributed by atoms with Gasteiger partial charge >= 0.3 is 0 Å². The number of H-pyrrole nitrogens is 1. The average molecular weight is 381 g/mol. The van der Waals surface area contributed by atoms with Crippen molar-refractivity contribution in [2.24, 2.45) is 7.05 Å². The van der Waals surface area contributed by atoms with Crippen molar-refractivity contribution in [3.05, 3.63) is 68.1 Å². The number of aromatic amines is 1. The van der Waals surface area contributed by atoms with Gasteiger partial charge in [0.05, 0.1) is 17.3 Å². The first-order chi connectivity index (χ1) is 13.5. The Labute approximate surface area is 161 Å². The monoisotopic (exact) mass is 381 g/mol. The van der Waals surface area contributed by atoms with Crippen molar-refractivity contribution in [1.29, 1.82) is 0 Å². The van der Waals surface area contributed by atoms with Gasteiger partial charge in [-0.1, -0.05) is 6.92 Å². The molecule has 1 aliphatic heterocycles. The zero-order chi connectivity index (χ0) is 19.8. The van der Waals surface area contributed by atoms with E-state index < -0.39 is 0 Å². The minimum Gasteiger partial charge on any atom is -0.330 e. The van der Waals surface area contributed by atoms with E-state index in [2.05, 4.69) is 10.1 Å². The average Bonchev–Trinajstić information content (AvgIpc) is 3.14. The molecule has 4 heterocycles. The summed E-state index contributed by atoms with van der Waals surface area (Å²) in [6.07, 6.45) is 4.99. The molecule has 0 saturated carbocycles. The van der Waals surface area contributed by atoms with Crippen LogP contribution in [0.2, 0.25) is 0 Å². The van der Waals surface area contributed by atoms with Crippen molar-refractivity contribution in [3.63, 3.8) is 0 Å². The van der Waals surface area contributed by atoms with E-state index in [1.54, 1.807) is 19.3 Å². The molecule has 0 aliphatic carbocycles. The molecule has 8 heteroatoms. The number of nitrogens with one attached hydrogen (secondary N) is 1. The molecule has 8 nitrogen and oxygen atoms in total. The van der Waals surface area contributed by atoms with Crippen molar-refractivity contribution in [1.82, 2.24) is 24.1 Å². The predicted molar refractivity (Wildman–Crippen MR) is 105 cm³/mol. The first kappa shape index (κ1) is 18.2. The lowest BCUT2D eigenvalue weighted by molar-refractivity contribution is 0.0604. The molecule has 1 aliphatic rings. The third kappa shape index (κ3) is 3.15. The van der Waals surface area contributed by atoms with Gasteiger partial charge in [-0.25, -0.2) is 9.50 Å². The maximum atomic E-state index is 13.1. The minimum atomic E-state index is -0.162. The molecular formula is C20H23N5O3. The van der Waals surface area contributed by atoms with E-state index >= 15 is 0 Å². The third-order valence-corrected chi connectivity index (χ3v) is 5.34. The molecule has 0 aromatic carbocycles. The highest BCUT2D eigenvalue weighted by atomic mass is 16.2. The van der Waals surface area contributed by atoms with Crippen LogP contribution in [0.4, 0.5) is 0 Å². The van der Waals surface area contributed by atoms with Crippen molar-refractivity contribution in [2.75, 3.05) is 6.54 Å². The quantitative estimate of drug-likeness (QED) is 0.747. The van der Waals surface area contributed by atoms with Crippen LogP contribution < -0.4 is 11.1 Å². The van der Waals surface area contributed by atoms with Gasteiger partial charge in [-0.15, -0.1) is 0 Å². The number of pyridine rings is 1. The Balaban J connectivity index is 1.72. The highest BCUT2D eigenvalue weighted by Gasteiger charge is 2.30. The normalized spacial score (nSPS) is 17.2. The molecule has 28 heavy (non-hydrogen) atoms. The molecule has 0 spiro atoms. The number of hydrogen-bond acceptors (Lipinski definition) is 4. The number of fused-ring (bicyclic) bond motifs is 1. The number of hydrogen-bond donors (Lipinski definition) is 1. The lowest BCUT2D eigenvalue weighted by Crippen LogP contribution is -2.39. The van der Waals surface area contributed by atoms with Gasteiger partial charge in [0.1, 0.15) is 0 Å². The topological polar surface area (TPSA) is 92.5 Å². The Morgan fingerprint density at radius 2 is 2.04 bits per heavy atom. The summed E-state index contributed by atoms with van der Waals surface area (Å²) in [5.74, 6) is -0.117. The Kier molecular flexibility index (Phi) is 4.62. The number of aromatic nitrogens is 4. The lowest BCUT2D eigenvalue weighted by Gasteiger charge is -2.35. The van der Waals surface area contributed by atoms with Crippen LogP contribution in [0.1, 0.15) is 54.0 Å². The van der Waals surface area contributed by atoms with E-state index in [0.717, 1.165) is 30.7 Å². The summed E-state index contributed by atoms with van der Waals surface area (Å²) in [5, 5.41) is 3.13. The van der Waals surface area contributed by atoms with E-state index in [0.29, 0.717) is 24.2 Å². The Bertz CT molecular complexity index is 1160. The van der Waals surface area contributed by atoms with Gasteiger partial charge in [0.2, 0.25) is 5.56 Å².